The van der Waals surface area contributed by atoms with Gasteiger partial charge in [0.15, 0.2) is 0 Å². The number of piperidine rings is 1. The summed E-state index contributed by atoms with van der Waals surface area (Å²) in [5, 5.41) is 0.367. The molecule has 0 radical (unpaired) electrons. The van der Waals surface area contributed by atoms with Crippen molar-refractivity contribution in [3.8, 4) is 5.88 Å². The van der Waals surface area contributed by atoms with Gasteiger partial charge in [-0.2, -0.15) is 0 Å². The van der Waals surface area contributed by atoms with Gasteiger partial charge >= 0.3 is 0 Å². The summed E-state index contributed by atoms with van der Waals surface area (Å²) in [6.45, 7) is 10.5. The van der Waals surface area contributed by atoms with E-state index < -0.39 is 0 Å². The zero-order chi connectivity index (χ0) is 26.5. The normalized spacial score (nSPS) is 14.6. The standard InChI is InChI=1S/C29H32ClFN6O/c1-3-24-16-33-28(37(24)17-25-15-32-20-36(25)4-2)18-35-12-10-21(11-13-35)27-6-5-7-29(34-27)38-19-22-8-9-23(30)14-26(22)31/h3,5-9,14-16,20-21H,1,4,10-13,17-19H2,2H3. The monoisotopic (exact) mass is 534 g/mol. The van der Waals surface area contributed by atoms with Crippen molar-refractivity contribution in [3.05, 3.63) is 101 Å². The lowest BCUT2D eigenvalue weighted by Gasteiger charge is -2.31. The Morgan fingerprint density at radius 3 is 2.76 bits per heavy atom. The van der Waals surface area contributed by atoms with Gasteiger partial charge in [0.25, 0.3) is 0 Å². The van der Waals surface area contributed by atoms with Gasteiger partial charge in [-0.1, -0.05) is 30.3 Å². The Labute approximate surface area is 227 Å². The quantitative estimate of drug-likeness (QED) is 0.252. The summed E-state index contributed by atoms with van der Waals surface area (Å²) < 4.78 is 24.3. The minimum absolute atomic E-state index is 0.107. The number of ether oxygens (including phenoxy) is 1. The van der Waals surface area contributed by atoms with Crippen LogP contribution in [0.4, 0.5) is 4.39 Å². The van der Waals surface area contributed by atoms with Crippen molar-refractivity contribution in [2.75, 3.05) is 13.1 Å². The molecule has 0 amide bonds. The molecule has 0 unspecified atom stereocenters. The van der Waals surface area contributed by atoms with E-state index in [1.807, 2.05) is 36.9 Å². The number of aryl methyl sites for hydroxylation is 1. The molecule has 0 bridgehead atoms. The van der Waals surface area contributed by atoms with Gasteiger partial charge in [0.05, 0.1) is 37.0 Å². The van der Waals surface area contributed by atoms with E-state index in [-0.39, 0.29) is 12.4 Å². The molecule has 0 saturated carbocycles. The van der Waals surface area contributed by atoms with Gasteiger partial charge in [-0.3, -0.25) is 4.90 Å². The van der Waals surface area contributed by atoms with Crippen molar-refractivity contribution in [2.24, 2.45) is 0 Å². The maximum atomic E-state index is 14.1. The first-order valence-electron chi connectivity index (χ1n) is 13.0. The summed E-state index contributed by atoms with van der Waals surface area (Å²) in [6.07, 6.45) is 9.54. The van der Waals surface area contributed by atoms with Crippen molar-refractivity contribution in [1.82, 2.24) is 29.0 Å². The highest BCUT2D eigenvalue weighted by Gasteiger charge is 2.23. The summed E-state index contributed by atoms with van der Waals surface area (Å²) in [6, 6.07) is 10.4. The highest BCUT2D eigenvalue weighted by atomic mass is 35.5. The fourth-order valence-electron chi connectivity index (χ4n) is 4.94. The number of hydrogen-bond acceptors (Lipinski definition) is 5. The largest absolute Gasteiger partial charge is 0.473 e. The van der Waals surface area contributed by atoms with Gasteiger partial charge in [-0.25, -0.2) is 19.3 Å². The lowest BCUT2D eigenvalue weighted by Crippen LogP contribution is -2.33. The summed E-state index contributed by atoms with van der Waals surface area (Å²) in [4.78, 5) is 16.2. The van der Waals surface area contributed by atoms with Crippen LogP contribution in [-0.2, 0) is 26.2 Å². The molecular formula is C29H32ClFN6O. The van der Waals surface area contributed by atoms with Crippen LogP contribution in [0.2, 0.25) is 5.02 Å². The van der Waals surface area contributed by atoms with E-state index in [0.717, 1.165) is 68.5 Å². The fourth-order valence-corrected chi connectivity index (χ4v) is 5.10. The van der Waals surface area contributed by atoms with Crippen LogP contribution in [0, 0.1) is 5.82 Å². The highest BCUT2D eigenvalue weighted by Crippen LogP contribution is 2.29. The summed E-state index contributed by atoms with van der Waals surface area (Å²) >= 11 is 5.84. The number of benzene rings is 1. The van der Waals surface area contributed by atoms with E-state index in [9.17, 15) is 4.39 Å². The Bertz CT molecular complexity index is 1390. The van der Waals surface area contributed by atoms with E-state index in [0.29, 0.717) is 22.4 Å². The van der Waals surface area contributed by atoms with Crippen LogP contribution in [0.25, 0.3) is 6.08 Å². The van der Waals surface area contributed by atoms with Crippen LogP contribution in [0.15, 0.2) is 61.7 Å². The predicted molar refractivity (Wildman–Crippen MR) is 147 cm³/mol. The number of hydrogen-bond donors (Lipinski definition) is 0. The lowest BCUT2D eigenvalue weighted by atomic mass is 9.93. The molecule has 1 aliphatic heterocycles. The number of rotatable bonds is 10. The van der Waals surface area contributed by atoms with Gasteiger partial charge in [0.2, 0.25) is 5.88 Å². The van der Waals surface area contributed by atoms with Crippen LogP contribution in [0.5, 0.6) is 5.88 Å². The second-order valence-electron chi connectivity index (χ2n) is 9.54. The molecule has 0 spiro atoms. The molecule has 0 atom stereocenters. The molecule has 4 heterocycles. The molecule has 1 aromatic carbocycles. The molecule has 1 aliphatic rings. The zero-order valence-electron chi connectivity index (χ0n) is 21.6. The van der Waals surface area contributed by atoms with E-state index in [2.05, 4.69) is 38.6 Å². The summed E-state index contributed by atoms with van der Waals surface area (Å²) in [7, 11) is 0. The van der Waals surface area contributed by atoms with Gasteiger partial charge in [0, 0.05) is 41.0 Å². The van der Waals surface area contributed by atoms with Gasteiger partial charge in [0.1, 0.15) is 18.2 Å². The minimum atomic E-state index is -0.377. The van der Waals surface area contributed by atoms with Crippen LogP contribution >= 0.6 is 11.6 Å². The van der Waals surface area contributed by atoms with Crippen molar-refractivity contribution < 1.29 is 9.13 Å². The van der Waals surface area contributed by atoms with Crippen LogP contribution in [0.3, 0.4) is 0 Å². The smallest absolute Gasteiger partial charge is 0.213 e. The zero-order valence-corrected chi connectivity index (χ0v) is 22.3. The number of halogens is 2. The maximum Gasteiger partial charge on any atom is 0.213 e. The van der Waals surface area contributed by atoms with Gasteiger partial charge in [-0.05, 0) is 57.1 Å². The Morgan fingerprint density at radius 1 is 1.16 bits per heavy atom. The van der Waals surface area contributed by atoms with Crippen molar-refractivity contribution in [3.63, 3.8) is 0 Å². The van der Waals surface area contributed by atoms with Crippen molar-refractivity contribution in [2.45, 2.75) is 51.9 Å². The molecule has 7 nitrogen and oxygen atoms in total. The molecular weight excluding hydrogens is 503 g/mol. The second kappa shape index (κ2) is 11.9. The molecule has 4 aromatic rings. The molecule has 5 rings (SSSR count). The fraction of sp³-hybridized carbons (Fsp3) is 0.345. The van der Waals surface area contributed by atoms with Crippen LogP contribution in [-0.4, -0.2) is 42.1 Å². The number of imidazole rings is 2. The first-order valence-corrected chi connectivity index (χ1v) is 13.3. The van der Waals surface area contributed by atoms with Crippen LogP contribution in [0.1, 0.15) is 54.2 Å². The first kappa shape index (κ1) is 26.1. The van der Waals surface area contributed by atoms with Crippen molar-refractivity contribution in [1.29, 1.82) is 0 Å². The Kier molecular flexibility index (Phi) is 8.20. The highest BCUT2D eigenvalue weighted by molar-refractivity contribution is 6.30. The average molecular weight is 535 g/mol. The molecule has 9 heteroatoms. The molecule has 1 saturated heterocycles. The van der Waals surface area contributed by atoms with E-state index in [1.165, 1.54) is 6.07 Å². The predicted octanol–water partition coefficient (Wildman–Crippen LogP) is 5.94. The summed E-state index contributed by atoms with van der Waals surface area (Å²) in [5.74, 6) is 1.51. The maximum absolute atomic E-state index is 14.1. The topological polar surface area (TPSA) is 61.0 Å². The Morgan fingerprint density at radius 2 is 2.00 bits per heavy atom. The van der Waals surface area contributed by atoms with Gasteiger partial charge < -0.3 is 13.9 Å². The Balaban J connectivity index is 1.19. The summed E-state index contributed by atoms with van der Waals surface area (Å²) in [5.41, 5.74) is 3.63. The SMILES string of the molecule is C=Cc1cnc(CN2CCC(c3cccc(OCc4ccc(Cl)cc4F)n3)CC2)n1Cc1cncn1CC. The van der Waals surface area contributed by atoms with Crippen molar-refractivity contribution >= 4 is 17.7 Å². The average Bonchev–Trinajstić information content (AvgIpc) is 3.55. The molecule has 1 fully saturated rings. The number of likely N-dealkylation sites (tertiary alicyclic amines) is 1. The van der Waals surface area contributed by atoms with Gasteiger partial charge in [-0.15, -0.1) is 0 Å². The molecule has 198 valence electrons. The minimum Gasteiger partial charge on any atom is -0.473 e. The molecule has 0 aliphatic carbocycles. The van der Waals surface area contributed by atoms with Crippen LogP contribution < -0.4 is 4.74 Å². The first-order chi connectivity index (χ1) is 18.5. The number of nitrogens with zero attached hydrogens (tertiary/aromatic N) is 6. The van der Waals surface area contributed by atoms with E-state index >= 15 is 0 Å². The number of aromatic nitrogens is 5. The van der Waals surface area contributed by atoms with E-state index in [4.69, 9.17) is 26.3 Å². The second-order valence-corrected chi connectivity index (χ2v) is 9.97. The third kappa shape index (κ3) is 5.97. The molecule has 38 heavy (non-hydrogen) atoms. The lowest BCUT2D eigenvalue weighted by molar-refractivity contribution is 0.196. The number of pyridine rings is 1. The molecule has 0 N–H and O–H groups in total. The van der Waals surface area contributed by atoms with E-state index in [1.54, 1.807) is 12.1 Å². The third-order valence-electron chi connectivity index (χ3n) is 7.14. The third-order valence-corrected chi connectivity index (χ3v) is 7.38. The molecule has 3 aromatic heterocycles. The Hall–Kier alpha value is -3.49.